The first-order chi connectivity index (χ1) is 14.0. The quantitative estimate of drug-likeness (QED) is 0.548. The lowest BCUT2D eigenvalue weighted by Gasteiger charge is -2.26. The van der Waals surface area contributed by atoms with Crippen LogP contribution in [0.4, 0.5) is 9.18 Å². The van der Waals surface area contributed by atoms with E-state index >= 15 is 0 Å². The van der Waals surface area contributed by atoms with Crippen LogP contribution in [-0.4, -0.2) is 29.3 Å². The minimum atomic E-state index is -0.753. The summed E-state index contributed by atoms with van der Waals surface area (Å²) in [5.74, 6) is -1.72. The predicted octanol–water partition coefficient (Wildman–Crippen LogP) is 3.68. The molecule has 0 atom stereocenters. The molecule has 0 unspecified atom stereocenters. The first-order valence-electron chi connectivity index (χ1n) is 9.14. The molecule has 5 nitrogen and oxygen atoms in total. The van der Waals surface area contributed by atoms with Crippen molar-refractivity contribution in [1.29, 1.82) is 0 Å². The molecule has 144 valence electrons. The Bertz CT molecular complexity index is 1150. The van der Waals surface area contributed by atoms with Crippen molar-refractivity contribution >= 4 is 34.7 Å². The molecule has 0 bridgehead atoms. The highest BCUT2D eigenvalue weighted by molar-refractivity contribution is 6.31. The number of imide groups is 2. The standard InChI is InChI=1S/C23H17FN2O3/c24-18-10-8-15(9-11-18)12-13-26-22(28)20(21(27)25-23(26)29)14-17-6-3-5-16-4-1-2-7-19(16)17/h1-11,14H,12-13H2,(H,25,27,29)/b20-14+. The van der Waals surface area contributed by atoms with Gasteiger partial charge in [-0.2, -0.15) is 0 Å². The normalized spacial score (nSPS) is 15.8. The average Bonchev–Trinajstić information content (AvgIpc) is 2.72. The van der Waals surface area contributed by atoms with Crippen LogP contribution in [0.1, 0.15) is 11.1 Å². The van der Waals surface area contributed by atoms with E-state index in [1.54, 1.807) is 12.1 Å². The molecule has 0 spiro atoms. The molecule has 29 heavy (non-hydrogen) atoms. The van der Waals surface area contributed by atoms with Gasteiger partial charge in [-0.25, -0.2) is 9.18 Å². The molecule has 6 heteroatoms. The van der Waals surface area contributed by atoms with Crippen molar-refractivity contribution < 1.29 is 18.8 Å². The van der Waals surface area contributed by atoms with Crippen molar-refractivity contribution in [3.8, 4) is 0 Å². The van der Waals surface area contributed by atoms with Crippen LogP contribution in [0.5, 0.6) is 0 Å². The number of amides is 4. The Kier molecular flexibility index (Phi) is 4.91. The second-order valence-electron chi connectivity index (χ2n) is 6.72. The van der Waals surface area contributed by atoms with Crippen LogP contribution in [0.2, 0.25) is 0 Å². The van der Waals surface area contributed by atoms with Gasteiger partial charge in [0.2, 0.25) is 0 Å². The molecule has 1 heterocycles. The maximum absolute atomic E-state index is 13.0. The van der Waals surface area contributed by atoms with Gasteiger partial charge in [0.05, 0.1) is 0 Å². The number of rotatable bonds is 4. The van der Waals surface area contributed by atoms with Crippen LogP contribution >= 0.6 is 0 Å². The van der Waals surface area contributed by atoms with Crippen LogP contribution < -0.4 is 5.32 Å². The first kappa shape index (κ1) is 18.6. The zero-order chi connectivity index (χ0) is 20.4. The Hall–Kier alpha value is -3.80. The van der Waals surface area contributed by atoms with E-state index in [4.69, 9.17) is 0 Å². The van der Waals surface area contributed by atoms with Crippen molar-refractivity contribution in [2.45, 2.75) is 6.42 Å². The van der Waals surface area contributed by atoms with Crippen molar-refractivity contribution in [2.75, 3.05) is 6.54 Å². The summed E-state index contributed by atoms with van der Waals surface area (Å²) in [5.41, 5.74) is 1.40. The van der Waals surface area contributed by atoms with E-state index in [1.807, 2.05) is 42.5 Å². The lowest BCUT2D eigenvalue weighted by Crippen LogP contribution is -2.54. The third kappa shape index (κ3) is 3.78. The van der Waals surface area contributed by atoms with Crippen molar-refractivity contribution in [1.82, 2.24) is 10.2 Å². The summed E-state index contributed by atoms with van der Waals surface area (Å²) in [6, 6.07) is 18.3. The molecule has 1 saturated heterocycles. The summed E-state index contributed by atoms with van der Waals surface area (Å²) in [6.07, 6.45) is 1.87. The largest absolute Gasteiger partial charge is 0.331 e. The van der Waals surface area contributed by atoms with Crippen LogP contribution in [0.15, 0.2) is 72.3 Å². The van der Waals surface area contributed by atoms with E-state index in [1.165, 1.54) is 18.2 Å². The van der Waals surface area contributed by atoms with Crippen molar-refractivity contribution in [2.24, 2.45) is 0 Å². The Morgan fingerprint density at radius 3 is 2.41 bits per heavy atom. The molecule has 1 aliphatic rings. The van der Waals surface area contributed by atoms with Crippen LogP contribution in [0.25, 0.3) is 16.8 Å². The SMILES string of the molecule is O=C1NC(=O)N(CCc2ccc(F)cc2)C(=O)/C1=C/c1cccc2ccccc12. The van der Waals surface area contributed by atoms with E-state index in [2.05, 4.69) is 5.32 Å². The Labute approximate surface area is 166 Å². The fraction of sp³-hybridized carbons (Fsp3) is 0.0870. The summed E-state index contributed by atoms with van der Waals surface area (Å²) < 4.78 is 13.0. The number of hydrogen-bond acceptors (Lipinski definition) is 3. The Morgan fingerprint density at radius 1 is 0.897 bits per heavy atom. The third-order valence-corrected chi connectivity index (χ3v) is 4.85. The maximum atomic E-state index is 13.0. The van der Waals surface area contributed by atoms with Gasteiger partial charge in [0.25, 0.3) is 11.8 Å². The molecular formula is C23H17FN2O3. The number of carbonyl (C=O) groups excluding carboxylic acids is 3. The second-order valence-corrected chi connectivity index (χ2v) is 6.72. The van der Waals surface area contributed by atoms with E-state index < -0.39 is 17.8 Å². The fourth-order valence-corrected chi connectivity index (χ4v) is 3.32. The van der Waals surface area contributed by atoms with Gasteiger partial charge in [-0.3, -0.25) is 19.8 Å². The number of benzene rings is 3. The molecular weight excluding hydrogens is 371 g/mol. The lowest BCUT2D eigenvalue weighted by atomic mass is 10.0. The van der Waals surface area contributed by atoms with Gasteiger partial charge in [-0.1, -0.05) is 54.6 Å². The van der Waals surface area contributed by atoms with Gasteiger partial charge in [-0.15, -0.1) is 0 Å². The van der Waals surface area contributed by atoms with Crippen molar-refractivity contribution in [3.63, 3.8) is 0 Å². The summed E-state index contributed by atoms with van der Waals surface area (Å²) in [4.78, 5) is 38.4. The molecule has 1 fully saturated rings. The minimum Gasteiger partial charge on any atom is -0.273 e. The average molecular weight is 388 g/mol. The minimum absolute atomic E-state index is 0.0798. The number of hydrogen-bond donors (Lipinski definition) is 1. The molecule has 3 aromatic carbocycles. The molecule has 3 aromatic rings. The number of urea groups is 1. The molecule has 4 rings (SSSR count). The summed E-state index contributed by atoms with van der Waals surface area (Å²) in [6.45, 7) is 0.0798. The highest BCUT2D eigenvalue weighted by atomic mass is 19.1. The van der Waals surface area contributed by atoms with E-state index in [0.717, 1.165) is 26.8 Å². The Balaban J connectivity index is 1.62. The molecule has 1 N–H and O–H groups in total. The molecule has 0 aliphatic carbocycles. The molecule has 0 aromatic heterocycles. The number of nitrogens with zero attached hydrogens (tertiary/aromatic N) is 1. The number of carbonyl (C=O) groups is 3. The monoisotopic (exact) mass is 388 g/mol. The smallest absolute Gasteiger partial charge is 0.273 e. The highest BCUT2D eigenvalue weighted by Gasteiger charge is 2.35. The van der Waals surface area contributed by atoms with Gasteiger partial charge < -0.3 is 0 Å². The number of barbiturate groups is 1. The maximum Gasteiger partial charge on any atom is 0.331 e. The Morgan fingerprint density at radius 2 is 1.62 bits per heavy atom. The van der Waals surface area contributed by atoms with Gasteiger partial charge in [0.1, 0.15) is 11.4 Å². The summed E-state index contributed by atoms with van der Waals surface area (Å²) >= 11 is 0. The second kappa shape index (κ2) is 7.67. The predicted molar refractivity (Wildman–Crippen MR) is 107 cm³/mol. The molecule has 4 amide bonds. The van der Waals surface area contributed by atoms with Crippen molar-refractivity contribution in [3.05, 3.63) is 89.2 Å². The zero-order valence-electron chi connectivity index (χ0n) is 15.4. The van der Waals surface area contributed by atoms with Gasteiger partial charge in [0, 0.05) is 6.54 Å². The lowest BCUT2D eigenvalue weighted by molar-refractivity contribution is -0.130. The van der Waals surface area contributed by atoms with E-state index in [-0.39, 0.29) is 17.9 Å². The van der Waals surface area contributed by atoms with Gasteiger partial charge in [-0.05, 0) is 46.5 Å². The number of nitrogens with one attached hydrogen (secondary N) is 1. The topological polar surface area (TPSA) is 66.5 Å². The molecule has 1 aliphatic heterocycles. The number of halogens is 1. The zero-order valence-corrected chi connectivity index (χ0v) is 15.4. The van der Waals surface area contributed by atoms with E-state index in [0.29, 0.717) is 6.42 Å². The number of fused-ring (bicyclic) bond motifs is 1. The summed E-state index contributed by atoms with van der Waals surface area (Å²) in [7, 11) is 0. The van der Waals surface area contributed by atoms with Crippen LogP contribution in [-0.2, 0) is 16.0 Å². The summed E-state index contributed by atoms with van der Waals surface area (Å²) in [5, 5.41) is 4.10. The molecule has 0 saturated carbocycles. The van der Waals surface area contributed by atoms with Gasteiger partial charge in [0.15, 0.2) is 0 Å². The third-order valence-electron chi connectivity index (χ3n) is 4.85. The highest BCUT2D eigenvalue weighted by Crippen LogP contribution is 2.22. The van der Waals surface area contributed by atoms with Crippen LogP contribution in [0, 0.1) is 5.82 Å². The first-order valence-corrected chi connectivity index (χ1v) is 9.14. The van der Waals surface area contributed by atoms with E-state index in [9.17, 15) is 18.8 Å². The van der Waals surface area contributed by atoms with Crippen LogP contribution in [0.3, 0.4) is 0 Å². The van der Waals surface area contributed by atoms with Gasteiger partial charge >= 0.3 is 6.03 Å². The molecule has 0 radical (unpaired) electrons. The fourth-order valence-electron chi connectivity index (χ4n) is 3.32.